The molecule has 0 amide bonds. The van der Waals surface area contributed by atoms with E-state index in [1.807, 2.05) is 11.8 Å². The van der Waals surface area contributed by atoms with Crippen molar-refractivity contribution in [1.29, 1.82) is 0 Å². The van der Waals surface area contributed by atoms with E-state index in [1.165, 1.54) is 45.4 Å². The predicted octanol–water partition coefficient (Wildman–Crippen LogP) is 7.97. The van der Waals surface area contributed by atoms with Crippen molar-refractivity contribution in [2.24, 2.45) is 0 Å². The van der Waals surface area contributed by atoms with Crippen LogP contribution < -0.4 is 9.64 Å². The number of hydrogen-bond donors (Lipinski definition) is 7. The van der Waals surface area contributed by atoms with Gasteiger partial charge in [-0.15, -0.1) is 12.4 Å². The van der Waals surface area contributed by atoms with Crippen molar-refractivity contribution in [3.8, 4) is 46.0 Å². The number of para-hydroxylation sites is 2. The molecule has 5 aromatic carbocycles. The molecule has 12 nitrogen and oxygen atoms in total. The minimum absolute atomic E-state index is 0. The molecule has 5 aromatic rings. The van der Waals surface area contributed by atoms with Crippen molar-refractivity contribution in [3.05, 3.63) is 108 Å². The fraction of sp³-hybridized carbons (Fsp3) is 0.244. The van der Waals surface area contributed by atoms with Crippen molar-refractivity contribution < 1.29 is 50.0 Å². The van der Waals surface area contributed by atoms with Gasteiger partial charge in [0.05, 0.1) is 16.9 Å². The average Bonchev–Trinajstić information content (AvgIpc) is 3.15. The van der Waals surface area contributed by atoms with Crippen LogP contribution in [0, 0.1) is 0 Å². The van der Waals surface area contributed by atoms with Gasteiger partial charge in [-0.2, -0.15) is 0 Å². The van der Waals surface area contributed by atoms with Crippen LogP contribution in [0.2, 0.25) is 0 Å². The van der Waals surface area contributed by atoms with Crippen molar-refractivity contribution in [1.82, 2.24) is 4.90 Å². The van der Waals surface area contributed by atoms with E-state index in [0.717, 1.165) is 37.8 Å². The summed E-state index contributed by atoms with van der Waals surface area (Å²) in [5.41, 5.74) is 3.00. The largest absolute Gasteiger partial charge is 0.508 e. The summed E-state index contributed by atoms with van der Waals surface area (Å²) in [5.74, 6) is -4.43. The minimum atomic E-state index is -1.06. The van der Waals surface area contributed by atoms with Gasteiger partial charge in [-0.25, -0.2) is 4.79 Å². The lowest BCUT2D eigenvalue weighted by Gasteiger charge is -2.37. The van der Waals surface area contributed by atoms with Crippen LogP contribution in [0.15, 0.2) is 101 Å². The minimum Gasteiger partial charge on any atom is -0.508 e. The molecule has 290 valence electrons. The van der Waals surface area contributed by atoms with Crippen molar-refractivity contribution in [2.45, 2.75) is 55.2 Å². The summed E-state index contributed by atoms with van der Waals surface area (Å²) >= 11 is 1.88. The zero-order valence-electron chi connectivity index (χ0n) is 30.3. The number of nitrogens with zero attached hydrogens (tertiary/aromatic N) is 2. The van der Waals surface area contributed by atoms with E-state index in [9.17, 15) is 40.5 Å². The Hall–Kier alpha value is -5.63. The fourth-order valence-electron chi connectivity index (χ4n) is 6.68. The fourth-order valence-corrected chi connectivity index (χ4v) is 7.78. The van der Waals surface area contributed by atoms with Gasteiger partial charge in [0.2, 0.25) is 0 Å². The lowest BCUT2D eigenvalue weighted by molar-refractivity contribution is -0.0189. The standard InChI is InChI=1S/C22H18O10.C19H24N2S.ClH/c23-11-6-14(25)12-8-19(32-22(30)10-4-16(27)20(29)17(28)5-10)21(31-18(12)7-11)9-1-2-13(24)15(26)3-9;1-4-20(5-2)15(3)14-21-16-10-6-8-12-18(16)22-19-13-9-7-11-17(19)21;/h1-7,19,21,23-29H,8H2;6-13,15H,4-5,14H2,1-3H3;1H. The molecule has 55 heavy (non-hydrogen) atoms. The van der Waals surface area contributed by atoms with Gasteiger partial charge < -0.3 is 50.1 Å². The Morgan fingerprint density at radius 3 is 1.98 bits per heavy atom. The van der Waals surface area contributed by atoms with Crippen molar-refractivity contribution in [2.75, 3.05) is 24.5 Å². The second kappa shape index (κ2) is 17.2. The van der Waals surface area contributed by atoms with Gasteiger partial charge in [-0.1, -0.05) is 55.9 Å². The molecule has 0 spiro atoms. The topological polar surface area (TPSA) is 184 Å². The molecule has 7 N–H and O–H groups in total. The Kier molecular flexibility index (Phi) is 12.7. The Labute approximate surface area is 328 Å². The molecule has 0 bridgehead atoms. The lowest BCUT2D eigenvalue weighted by atomic mass is 9.93. The molecule has 14 heteroatoms. The molecule has 3 unspecified atom stereocenters. The number of carbonyl (C=O) groups excluding carboxylic acids is 1. The summed E-state index contributed by atoms with van der Waals surface area (Å²) in [6.07, 6.45) is -2.12. The molecule has 2 heterocycles. The molecular formula is C41H43ClN2O10S. The Morgan fingerprint density at radius 2 is 1.40 bits per heavy atom. The maximum Gasteiger partial charge on any atom is 0.338 e. The second-order valence-electron chi connectivity index (χ2n) is 13.0. The third kappa shape index (κ3) is 8.69. The maximum atomic E-state index is 12.7. The number of phenols is 7. The highest BCUT2D eigenvalue weighted by atomic mass is 35.5. The number of esters is 1. The molecular weight excluding hydrogens is 748 g/mol. The number of benzene rings is 5. The van der Waals surface area contributed by atoms with Crippen LogP contribution in [-0.2, 0) is 11.2 Å². The normalized spacial score (nSPS) is 15.9. The van der Waals surface area contributed by atoms with Crippen molar-refractivity contribution in [3.63, 3.8) is 0 Å². The third-order valence-corrected chi connectivity index (χ3v) is 10.6. The highest BCUT2D eigenvalue weighted by Crippen LogP contribution is 2.48. The van der Waals surface area contributed by atoms with E-state index < -0.39 is 41.2 Å². The van der Waals surface area contributed by atoms with Gasteiger partial charge in [0.15, 0.2) is 34.9 Å². The van der Waals surface area contributed by atoms with Gasteiger partial charge in [0.1, 0.15) is 23.4 Å². The number of rotatable bonds is 8. The molecule has 0 aromatic heterocycles. The maximum absolute atomic E-state index is 12.7. The summed E-state index contributed by atoms with van der Waals surface area (Å²) in [6.45, 7) is 10.0. The van der Waals surface area contributed by atoms with Crippen LogP contribution in [0.1, 0.15) is 48.4 Å². The summed E-state index contributed by atoms with van der Waals surface area (Å²) in [5, 5.41) is 68.2. The molecule has 0 saturated heterocycles. The first-order valence-corrected chi connectivity index (χ1v) is 18.3. The number of carbonyl (C=O) groups is 1. The van der Waals surface area contributed by atoms with E-state index in [4.69, 9.17) is 9.47 Å². The van der Waals surface area contributed by atoms with E-state index in [0.29, 0.717) is 11.6 Å². The first-order chi connectivity index (χ1) is 25.9. The number of phenolic OH excluding ortho intramolecular Hbond substituents is 7. The van der Waals surface area contributed by atoms with Crippen LogP contribution in [0.3, 0.4) is 0 Å². The van der Waals surface area contributed by atoms with Gasteiger partial charge in [-0.3, -0.25) is 4.90 Å². The number of hydrogen-bond acceptors (Lipinski definition) is 13. The van der Waals surface area contributed by atoms with E-state index in [-0.39, 0.29) is 53.0 Å². The van der Waals surface area contributed by atoms with Gasteiger partial charge in [0.25, 0.3) is 0 Å². The zero-order chi connectivity index (χ0) is 38.7. The van der Waals surface area contributed by atoms with E-state index in [1.54, 1.807) is 0 Å². The molecule has 7 rings (SSSR count). The summed E-state index contributed by atoms with van der Waals surface area (Å²) < 4.78 is 11.4. The molecule has 2 aliphatic heterocycles. The Bertz CT molecular complexity index is 2100. The van der Waals surface area contributed by atoms with Crippen molar-refractivity contribution >= 4 is 41.5 Å². The third-order valence-electron chi connectivity index (χ3n) is 9.47. The number of fused-ring (bicyclic) bond motifs is 3. The number of ether oxygens (including phenoxy) is 2. The number of aromatic hydroxyl groups is 7. The van der Waals surface area contributed by atoms with Gasteiger partial charge in [-0.05, 0) is 68.5 Å². The first-order valence-electron chi connectivity index (χ1n) is 17.4. The smallest absolute Gasteiger partial charge is 0.338 e. The highest BCUT2D eigenvalue weighted by Gasteiger charge is 2.37. The SMILES string of the molecule is CCN(CC)C(C)CN1c2ccccc2Sc2ccccc21.Cl.O=C(OC1Cc2c(O)cc(O)cc2OC1c1ccc(O)c(O)c1)c1cc(O)c(O)c(O)c1. The number of likely N-dealkylation sites (N-methyl/N-ethyl adjacent to an activating group) is 1. The number of anilines is 2. The van der Waals surface area contributed by atoms with Gasteiger partial charge in [0, 0.05) is 52.1 Å². The van der Waals surface area contributed by atoms with Crippen LogP contribution in [0.4, 0.5) is 11.4 Å². The highest BCUT2D eigenvalue weighted by molar-refractivity contribution is 7.99. The van der Waals surface area contributed by atoms with Crippen LogP contribution in [0.25, 0.3) is 0 Å². The molecule has 0 saturated carbocycles. The summed E-state index contributed by atoms with van der Waals surface area (Å²) in [6, 6.07) is 26.1. The zero-order valence-corrected chi connectivity index (χ0v) is 31.9. The Morgan fingerprint density at radius 1 is 0.800 bits per heavy atom. The summed E-state index contributed by atoms with van der Waals surface area (Å²) in [4.78, 5) is 20.4. The Balaban J connectivity index is 0.000000221. The van der Waals surface area contributed by atoms with Crippen LogP contribution in [-0.4, -0.2) is 78.4 Å². The van der Waals surface area contributed by atoms with Crippen LogP contribution >= 0.6 is 24.2 Å². The first kappa shape index (κ1) is 40.6. The van der Waals surface area contributed by atoms with Gasteiger partial charge >= 0.3 is 5.97 Å². The van der Waals surface area contributed by atoms with E-state index in [2.05, 4.69) is 79.1 Å². The second-order valence-corrected chi connectivity index (χ2v) is 14.0. The molecule has 3 atom stereocenters. The quantitative estimate of drug-likeness (QED) is 0.0594. The average molecular weight is 791 g/mol. The monoisotopic (exact) mass is 790 g/mol. The molecule has 2 aliphatic rings. The molecule has 0 aliphatic carbocycles. The lowest BCUT2D eigenvalue weighted by Crippen LogP contribution is -2.41. The van der Waals surface area contributed by atoms with E-state index >= 15 is 0 Å². The van der Waals surface area contributed by atoms with Crippen LogP contribution in [0.5, 0.6) is 46.0 Å². The molecule has 0 fully saturated rings. The predicted molar refractivity (Wildman–Crippen MR) is 211 cm³/mol. The summed E-state index contributed by atoms with van der Waals surface area (Å²) in [7, 11) is 0. The molecule has 0 radical (unpaired) electrons. The number of halogens is 1.